The second-order valence-corrected chi connectivity index (χ2v) is 4.28. The molecule has 0 amide bonds. The smallest absolute Gasteiger partial charge is 0.330 e. The molecule has 24 heavy (non-hydrogen) atoms. The minimum Gasteiger partial charge on any atom is -0.460 e. The summed E-state index contributed by atoms with van der Waals surface area (Å²) in [6.07, 6.45) is 1.80. The van der Waals surface area contributed by atoms with E-state index in [1.807, 2.05) is 0 Å². The minimum atomic E-state index is -0.474. The van der Waals surface area contributed by atoms with Crippen LogP contribution in [0.3, 0.4) is 0 Å². The third kappa shape index (κ3) is 15.2. The monoisotopic (exact) mass is 346 g/mol. The van der Waals surface area contributed by atoms with Gasteiger partial charge >= 0.3 is 11.9 Å². The van der Waals surface area contributed by atoms with Crippen LogP contribution < -0.4 is 0 Å². The molecule has 8 heteroatoms. The second-order valence-electron chi connectivity index (χ2n) is 4.28. The van der Waals surface area contributed by atoms with E-state index in [1.54, 1.807) is 6.92 Å². The van der Waals surface area contributed by atoms with Crippen molar-refractivity contribution in [1.82, 2.24) is 0 Å². The van der Waals surface area contributed by atoms with Crippen molar-refractivity contribution in [2.45, 2.75) is 13.2 Å². The number of carbonyl (C=O) groups excluding carboxylic acids is 2. The molecule has 0 aliphatic heterocycles. The molecule has 0 heterocycles. The van der Waals surface area contributed by atoms with Gasteiger partial charge in [-0.05, 0) is 6.92 Å². The zero-order valence-corrected chi connectivity index (χ0v) is 14.1. The van der Waals surface area contributed by atoms with E-state index in [1.165, 1.54) is 0 Å². The molecule has 0 aromatic rings. The highest BCUT2D eigenvalue weighted by Crippen LogP contribution is 1.94. The first-order valence-corrected chi connectivity index (χ1v) is 7.57. The topological polar surface area (TPSA) is 89.5 Å². The van der Waals surface area contributed by atoms with Crippen molar-refractivity contribution in [3.63, 3.8) is 0 Å². The molecule has 0 aromatic carbocycles. The quantitative estimate of drug-likeness (QED) is 0.176. The molecule has 0 bridgehead atoms. The molecule has 8 nitrogen and oxygen atoms in total. The third-order valence-corrected chi connectivity index (χ3v) is 2.44. The van der Waals surface area contributed by atoms with Crippen LogP contribution in [0, 0.1) is 0 Å². The van der Waals surface area contributed by atoms with Gasteiger partial charge in [-0.15, -0.1) is 0 Å². The van der Waals surface area contributed by atoms with Crippen molar-refractivity contribution >= 4 is 11.9 Å². The largest absolute Gasteiger partial charge is 0.460 e. The molecule has 0 saturated carbocycles. The fourth-order valence-electron chi connectivity index (χ4n) is 1.32. The Hall–Kier alpha value is -1.74. The van der Waals surface area contributed by atoms with Crippen molar-refractivity contribution in [3.8, 4) is 0 Å². The maximum atomic E-state index is 10.7. The Balaban J connectivity index is 3.28. The van der Waals surface area contributed by atoms with Crippen LogP contribution in [-0.4, -0.2) is 71.1 Å². The first-order valence-electron chi connectivity index (χ1n) is 7.57. The molecule has 0 atom stereocenters. The molecule has 0 fully saturated rings. The fourth-order valence-corrected chi connectivity index (χ4v) is 1.32. The summed E-state index contributed by atoms with van der Waals surface area (Å²) in [6, 6.07) is 0. The molecule has 138 valence electrons. The minimum absolute atomic E-state index is 0.177. The van der Waals surface area contributed by atoms with Crippen molar-refractivity contribution < 1.29 is 38.0 Å². The molecule has 0 radical (unpaired) electrons. The van der Waals surface area contributed by atoms with Crippen LogP contribution in [0.25, 0.3) is 0 Å². The van der Waals surface area contributed by atoms with Gasteiger partial charge in [0.05, 0.1) is 39.6 Å². The number of esters is 2. The average molecular weight is 346 g/mol. The molecule has 0 spiro atoms. The van der Waals surface area contributed by atoms with E-state index < -0.39 is 18.2 Å². The Morgan fingerprint density at radius 3 is 1.50 bits per heavy atom. The van der Waals surface area contributed by atoms with Crippen LogP contribution >= 0.6 is 0 Å². The summed E-state index contributed by atoms with van der Waals surface area (Å²) >= 11 is 0. The van der Waals surface area contributed by atoms with E-state index in [0.717, 1.165) is 12.2 Å². The average Bonchev–Trinajstić information content (AvgIpc) is 2.59. The Kier molecular flexibility index (Phi) is 15.0. The van der Waals surface area contributed by atoms with Crippen molar-refractivity contribution in [1.29, 1.82) is 0 Å². The van der Waals surface area contributed by atoms with Crippen molar-refractivity contribution in [3.05, 3.63) is 25.3 Å². The van der Waals surface area contributed by atoms with Gasteiger partial charge in [0.1, 0.15) is 13.2 Å². The third-order valence-electron chi connectivity index (χ3n) is 2.44. The first kappa shape index (κ1) is 22.3. The Bertz CT molecular complexity index is 335. The van der Waals surface area contributed by atoms with Gasteiger partial charge in [0.25, 0.3) is 0 Å². The van der Waals surface area contributed by atoms with Gasteiger partial charge in [-0.25, -0.2) is 9.59 Å². The van der Waals surface area contributed by atoms with Gasteiger partial charge in [0.2, 0.25) is 0 Å². The molecular formula is C16H26O8. The van der Waals surface area contributed by atoms with Gasteiger partial charge < -0.3 is 28.4 Å². The van der Waals surface area contributed by atoms with Gasteiger partial charge in [-0.3, -0.25) is 0 Å². The highest BCUT2D eigenvalue weighted by atomic mass is 16.7. The summed E-state index contributed by atoms with van der Waals surface area (Å²) in [5.41, 5.74) is 0. The lowest BCUT2D eigenvalue weighted by Gasteiger charge is -2.14. The predicted molar refractivity (Wildman–Crippen MR) is 85.3 cm³/mol. The summed E-state index contributed by atoms with van der Waals surface area (Å²) in [7, 11) is 0. The fraction of sp³-hybridized carbons (Fsp3) is 0.625. The summed E-state index contributed by atoms with van der Waals surface area (Å²) in [5, 5.41) is 0. The SMILES string of the molecule is C=CC(=O)OCCOCCOC(C)OCCOCCOC(=O)C=C. The van der Waals surface area contributed by atoms with Gasteiger partial charge in [-0.1, -0.05) is 13.2 Å². The molecule has 0 N–H and O–H groups in total. The van der Waals surface area contributed by atoms with Gasteiger partial charge in [-0.2, -0.15) is 0 Å². The number of rotatable bonds is 16. The lowest BCUT2D eigenvalue weighted by atomic mass is 10.6. The Morgan fingerprint density at radius 2 is 1.12 bits per heavy atom. The molecule has 0 aromatic heterocycles. The standard InChI is InChI=1S/C16H26O8/c1-4-15(17)23-12-8-19-6-10-21-14(3)22-11-7-20-9-13-24-16(18)5-2/h4-5,14H,1-2,6-13H2,3H3. The highest BCUT2D eigenvalue weighted by Gasteiger charge is 2.02. The van der Waals surface area contributed by atoms with E-state index in [0.29, 0.717) is 39.6 Å². The molecule has 0 unspecified atom stereocenters. The van der Waals surface area contributed by atoms with Gasteiger partial charge in [0.15, 0.2) is 6.29 Å². The molecule has 0 aliphatic rings. The maximum Gasteiger partial charge on any atom is 0.330 e. The van der Waals surface area contributed by atoms with E-state index in [9.17, 15) is 9.59 Å². The number of hydrogen-bond acceptors (Lipinski definition) is 8. The van der Waals surface area contributed by atoms with E-state index in [4.69, 9.17) is 28.4 Å². The summed E-state index contributed by atoms with van der Waals surface area (Å²) in [4.78, 5) is 21.5. The summed E-state index contributed by atoms with van der Waals surface area (Å²) in [6.45, 7) is 10.7. The Morgan fingerprint density at radius 1 is 0.750 bits per heavy atom. The second kappa shape index (κ2) is 16.1. The van der Waals surface area contributed by atoms with Crippen LogP contribution in [0.1, 0.15) is 6.92 Å². The van der Waals surface area contributed by atoms with Gasteiger partial charge in [0, 0.05) is 12.2 Å². The predicted octanol–water partition coefficient (Wildman–Crippen LogP) is 0.857. The molecule has 0 saturated heterocycles. The number of carbonyl (C=O) groups is 2. The Labute approximate surface area is 142 Å². The lowest BCUT2D eigenvalue weighted by molar-refractivity contribution is -0.151. The zero-order chi connectivity index (χ0) is 18.0. The van der Waals surface area contributed by atoms with E-state index >= 15 is 0 Å². The van der Waals surface area contributed by atoms with Crippen molar-refractivity contribution in [2.24, 2.45) is 0 Å². The summed E-state index contributed by atoms with van der Waals surface area (Å²) < 4.78 is 30.6. The van der Waals surface area contributed by atoms with Crippen LogP contribution in [0.2, 0.25) is 0 Å². The van der Waals surface area contributed by atoms with Crippen LogP contribution in [-0.2, 0) is 38.0 Å². The van der Waals surface area contributed by atoms with E-state index in [2.05, 4.69) is 13.2 Å². The van der Waals surface area contributed by atoms with Crippen LogP contribution in [0.5, 0.6) is 0 Å². The van der Waals surface area contributed by atoms with Crippen molar-refractivity contribution in [2.75, 3.05) is 52.9 Å². The number of hydrogen-bond donors (Lipinski definition) is 0. The molecule has 0 rings (SSSR count). The molecular weight excluding hydrogens is 320 g/mol. The highest BCUT2D eigenvalue weighted by molar-refractivity contribution is 5.81. The lowest BCUT2D eigenvalue weighted by Crippen LogP contribution is -2.20. The zero-order valence-electron chi connectivity index (χ0n) is 14.1. The normalized spacial score (nSPS) is 10.4. The van der Waals surface area contributed by atoms with Crippen LogP contribution in [0.15, 0.2) is 25.3 Å². The molecule has 0 aliphatic carbocycles. The van der Waals surface area contributed by atoms with Crippen LogP contribution in [0.4, 0.5) is 0 Å². The summed E-state index contributed by atoms with van der Waals surface area (Å²) in [5.74, 6) is -0.948. The number of ether oxygens (including phenoxy) is 6. The first-order chi connectivity index (χ1) is 11.6. The van der Waals surface area contributed by atoms with E-state index in [-0.39, 0.29) is 13.2 Å². The maximum absolute atomic E-state index is 10.7.